The zero-order chi connectivity index (χ0) is 23.4. The van der Waals surface area contributed by atoms with Crippen molar-refractivity contribution in [1.29, 1.82) is 0 Å². The Kier molecular flexibility index (Phi) is 18.4. The lowest BCUT2D eigenvalue weighted by atomic mass is 10.0. The van der Waals surface area contributed by atoms with E-state index in [-0.39, 0.29) is 12.2 Å². The van der Waals surface area contributed by atoms with Crippen LogP contribution in [0.15, 0.2) is 12.2 Å². The predicted octanol–water partition coefficient (Wildman–Crippen LogP) is 5.69. The van der Waals surface area contributed by atoms with Crippen molar-refractivity contribution in [3.63, 3.8) is 0 Å². The SMILES string of the molecule is CCCCCCCCCCCCCCCC(CCCS(=O)(=O)O)OC(=O)C=CC(=O)O. The summed E-state index contributed by atoms with van der Waals surface area (Å²) in [5.74, 6) is -2.38. The number of carbonyl (C=O) groups excluding carboxylic acids is 1. The Bertz CT molecular complexity index is 599. The molecular weight excluding hydrogens is 420 g/mol. The number of carboxylic acids is 1. The average molecular weight is 463 g/mol. The van der Waals surface area contributed by atoms with E-state index < -0.39 is 28.2 Å². The molecule has 0 amide bonds. The lowest BCUT2D eigenvalue weighted by Crippen LogP contribution is -2.18. The molecule has 1 atom stereocenters. The van der Waals surface area contributed by atoms with E-state index >= 15 is 0 Å². The highest BCUT2D eigenvalue weighted by molar-refractivity contribution is 7.85. The molecule has 0 aliphatic rings. The van der Waals surface area contributed by atoms with Gasteiger partial charge in [0, 0.05) is 12.2 Å². The van der Waals surface area contributed by atoms with Gasteiger partial charge in [0.2, 0.25) is 0 Å². The number of rotatable bonds is 21. The minimum Gasteiger partial charge on any atom is -0.478 e. The highest BCUT2D eigenvalue weighted by atomic mass is 32.2. The molecule has 182 valence electrons. The number of hydrogen-bond acceptors (Lipinski definition) is 5. The first-order chi connectivity index (χ1) is 14.7. The Morgan fingerprint density at radius 1 is 0.774 bits per heavy atom. The maximum Gasteiger partial charge on any atom is 0.331 e. The molecule has 8 heteroatoms. The molecule has 7 nitrogen and oxygen atoms in total. The van der Waals surface area contributed by atoms with Crippen molar-refractivity contribution in [2.45, 2.75) is 116 Å². The molecule has 0 aliphatic carbocycles. The van der Waals surface area contributed by atoms with Crippen LogP contribution in [0.4, 0.5) is 0 Å². The zero-order valence-electron chi connectivity index (χ0n) is 19.1. The van der Waals surface area contributed by atoms with Gasteiger partial charge in [-0.05, 0) is 25.7 Å². The van der Waals surface area contributed by atoms with Gasteiger partial charge in [0.05, 0.1) is 5.75 Å². The topological polar surface area (TPSA) is 118 Å². The van der Waals surface area contributed by atoms with E-state index in [1.165, 1.54) is 64.2 Å². The second-order valence-corrected chi connectivity index (χ2v) is 9.76. The van der Waals surface area contributed by atoms with Crippen molar-refractivity contribution in [3.8, 4) is 0 Å². The lowest BCUT2D eigenvalue weighted by Gasteiger charge is -2.16. The van der Waals surface area contributed by atoms with Gasteiger partial charge < -0.3 is 9.84 Å². The number of hydrogen-bond donors (Lipinski definition) is 2. The highest BCUT2D eigenvalue weighted by Gasteiger charge is 2.15. The predicted molar refractivity (Wildman–Crippen MR) is 123 cm³/mol. The summed E-state index contributed by atoms with van der Waals surface area (Å²) < 4.78 is 35.8. The molecule has 0 saturated carbocycles. The van der Waals surface area contributed by atoms with E-state index in [9.17, 15) is 18.0 Å². The van der Waals surface area contributed by atoms with Crippen molar-refractivity contribution in [3.05, 3.63) is 12.2 Å². The summed E-state index contributed by atoms with van der Waals surface area (Å²) in [5.41, 5.74) is 0. The fourth-order valence-corrected chi connectivity index (χ4v) is 4.02. The minimum atomic E-state index is -4.05. The maximum absolute atomic E-state index is 11.7. The molecule has 0 heterocycles. The number of carbonyl (C=O) groups is 2. The summed E-state index contributed by atoms with van der Waals surface area (Å²) in [4.78, 5) is 22.2. The van der Waals surface area contributed by atoms with E-state index in [0.29, 0.717) is 18.9 Å². The van der Waals surface area contributed by atoms with Crippen LogP contribution >= 0.6 is 0 Å². The number of aliphatic carboxylic acids is 1. The molecule has 0 aromatic rings. The third kappa shape index (κ3) is 23.1. The Morgan fingerprint density at radius 3 is 1.68 bits per heavy atom. The second-order valence-electron chi connectivity index (χ2n) is 8.19. The van der Waals surface area contributed by atoms with Crippen molar-refractivity contribution in [1.82, 2.24) is 0 Å². The molecule has 0 bridgehead atoms. The van der Waals surface area contributed by atoms with Gasteiger partial charge in [-0.25, -0.2) is 9.59 Å². The van der Waals surface area contributed by atoms with Crippen LogP contribution in [0, 0.1) is 0 Å². The molecule has 0 fully saturated rings. The molecule has 0 aliphatic heterocycles. The first-order valence-corrected chi connectivity index (χ1v) is 13.4. The molecule has 0 aromatic carbocycles. The Hall–Kier alpha value is -1.41. The van der Waals surface area contributed by atoms with Crippen LogP contribution in [0.2, 0.25) is 0 Å². The van der Waals surface area contributed by atoms with Gasteiger partial charge in [0.15, 0.2) is 0 Å². The standard InChI is InChI=1S/C23H42O7S/c1-2-3-4-5-6-7-8-9-10-11-12-13-14-16-21(17-15-20-31(27,28)29)30-23(26)19-18-22(24)25/h18-19,21H,2-17,20H2,1H3,(H,24,25)(H,27,28,29). The molecule has 1 unspecified atom stereocenters. The number of ether oxygens (including phenoxy) is 1. The summed E-state index contributed by atoms with van der Waals surface area (Å²) in [6, 6.07) is 0. The molecule has 0 radical (unpaired) electrons. The van der Waals surface area contributed by atoms with Gasteiger partial charge in [-0.2, -0.15) is 8.42 Å². The molecule has 31 heavy (non-hydrogen) atoms. The van der Waals surface area contributed by atoms with E-state index in [2.05, 4.69) is 6.92 Å². The van der Waals surface area contributed by atoms with Crippen molar-refractivity contribution >= 4 is 22.1 Å². The minimum absolute atomic E-state index is 0.178. The van der Waals surface area contributed by atoms with Crippen molar-refractivity contribution < 1.29 is 32.4 Å². The van der Waals surface area contributed by atoms with E-state index in [4.69, 9.17) is 14.4 Å². The molecule has 0 saturated heterocycles. The summed E-state index contributed by atoms with van der Waals surface area (Å²) in [6.45, 7) is 2.23. The van der Waals surface area contributed by atoms with Crippen molar-refractivity contribution in [2.75, 3.05) is 5.75 Å². The maximum atomic E-state index is 11.7. The van der Waals surface area contributed by atoms with Crippen LogP contribution < -0.4 is 0 Å². The van der Waals surface area contributed by atoms with Gasteiger partial charge in [0.1, 0.15) is 6.10 Å². The fraction of sp³-hybridized carbons (Fsp3) is 0.826. The molecule has 0 spiro atoms. The van der Waals surface area contributed by atoms with E-state index in [0.717, 1.165) is 25.3 Å². The molecular formula is C23H42O7S. The van der Waals surface area contributed by atoms with Crippen LogP contribution in [-0.4, -0.2) is 41.9 Å². The Balaban J connectivity index is 3.97. The van der Waals surface area contributed by atoms with E-state index in [1.54, 1.807) is 0 Å². The van der Waals surface area contributed by atoms with Crippen LogP contribution in [0.3, 0.4) is 0 Å². The lowest BCUT2D eigenvalue weighted by molar-refractivity contribution is -0.144. The van der Waals surface area contributed by atoms with Crippen LogP contribution in [0.5, 0.6) is 0 Å². The van der Waals surface area contributed by atoms with Crippen LogP contribution in [-0.2, 0) is 24.4 Å². The van der Waals surface area contributed by atoms with Gasteiger partial charge in [-0.1, -0.05) is 84.0 Å². The summed E-state index contributed by atoms with van der Waals surface area (Å²) in [7, 11) is -4.05. The fourth-order valence-electron chi connectivity index (χ4n) is 3.49. The van der Waals surface area contributed by atoms with Crippen LogP contribution in [0.25, 0.3) is 0 Å². The molecule has 0 aromatic heterocycles. The second kappa shape index (κ2) is 19.3. The monoisotopic (exact) mass is 462 g/mol. The number of unbranched alkanes of at least 4 members (excludes halogenated alkanes) is 12. The smallest absolute Gasteiger partial charge is 0.331 e. The summed E-state index contributed by atoms with van der Waals surface area (Å²) in [5, 5.41) is 8.57. The largest absolute Gasteiger partial charge is 0.478 e. The Labute approximate surface area is 188 Å². The number of carboxylic acid groups (broad SMARTS) is 1. The first kappa shape index (κ1) is 29.6. The third-order valence-electron chi connectivity index (χ3n) is 5.20. The quantitative estimate of drug-likeness (QED) is 0.0973. The molecule has 0 rings (SSSR count). The third-order valence-corrected chi connectivity index (χ3v) is 6.01. The summed E-state index contributed by atoms with van der Waals surface area (Å²) >= 11 is 0. The average Bonchev–Trinajstić information content (AvgIpc) is 2.68. The first-order valence-electron chi connectivity index (χ1n) is 11.8. The molecule has 2 N–H and O–H groups in total. The van der Waals surface area contributed by atoms with Gasteiger partial charge in [0.25, 0.3) is 10.1 Å². The van der Waals surface area contributed by atoms with Gasteiger partial charge in [-0.15, -0.1) is 0 Å². The van der Waals surface area contributed by atoms with Crippen molar-refractivity contribution in [2.24, 2.45) is 0 Å². The van der Waals surface area contributed by atoms with Crippen LogP contribution in [0.1, 0.15) is 110 Å². The Morgan fingerprint density at radius 2 is 1.23 bits per heavy atom. The zero-order valence-corrected chi connectivity index (χ0v) is 19.9. The normalized spacial score (nSPS) is 12.8. The van der Waals surface area contributed by atoms with Gasteiger partial charge in [-0.3, -0.25) is 4.55 Å². The van der Waals surface area contributed by atoms with Gasteiger partial charge >= 0.3 is 11.9 Å². The highest BCUT2D eigenvalue weighted by Crippen LogP contribution is 2.16. The van der Waals surface area contributed by atoms with E-state index in [1.807, 2.05) is 0 Å². The summed E-state index contributed by atoms with van der Waals surface area (Å²) in [6.07, 6.45) is 18.2. The number of esters is 1.